The third-order valence-electron chi connectivity index (χ3n) is 4.46. The third kappa shape index (κ3) is 8.24. The minimum absolute atomic E-state index is 0.218. The van der Waals surface area contributed by atoms with Gasteiger partial charge in [0.05, 0.1) is 30.5 Å². The van der Waals surface area contributed by atoms with Crippen molar-refractivity contribution in [2.24, 2.45) is 0 Å². The molecule has 1 saturated heterocycles. The second-order valence-electron chi connectivity index (χ2n) is 6.57. The quantitative estimate of drug-likeness (QED) is 0.319. The first kappa shape index (κ1) is 21.1. The molecule has 24 heavy (non-hydrogen) atoms. The molecule has 1 aliphatic heterocycles. The highest BCUT2D eigenvalue weighted by Gasteiger charge is 2.35. The summed E-state index contributed by atoms with van der Waals surface area (Å²) >= 11 is 0. The van der Waals surface area contributed by atoms with Crippen molar-refractivity contribution in [2.45, 2.75) is 95.2 Å². The lowest BCUT2D eigenvalue weighted by Crippen LogP contribution is -2.24. The van der Waals surface area contributed by atoms with Crippen molar-refractivity contribution >= 4 is 5.97 Å². The van der Waals surface area contributed by atoms with E-state index in [-0.39, 0.29) is 12.5 Å². The fourth-order valence-corrected chi connectivity index (χ4v) is 2.97. The summed E-state index contributed by atoms with van der Waals surface area (Å²) in [6.45, 7) is 1.93. The molecule has 1 heterocycles. The van der Waals surface area contributed by atoms with Gasteiger partial charge < -0.3 is 25.2 Å². The number of carboxylic acids is 1. The zero-order valence-corrected chi connectivity index (χ0v) is 14.5. The molecular formula is C18H32O6. The van der Waals surface area contributed by atoms with Crippen LogP contribution in [0, 0.1) is 0 Å². The highest BCUT2D eigenvalue weighted by atomic mass is 16.5. The molecule has 0 aromatic heterocycles. The largest absolute Gasteiger partial charge is 0.481 e. The van der Waals surface area contributed by atoms with Crippen LogP contribution in [0.15, 0.2) is 12.2 Å². The number of hydrogen-bond acceptors (Lipinski definition) is 5. The van der Waals surface area contributed by atoms with E-state index in [9.17, 15) is 20.1 Å². The molecule has 140 valence electrons. The van der Waals surface area contributed by atoms with Gasteiger partial charge in [0.2, 0.25) is 0 Å². The van der Waals surface area contributed by atoms with E-state index in [1.165, 1.54) is 0 Å². The lowest BCUT2D eigenvalue weighted by atomic mass is 10.0. The summed E-state index contributed by atoms with van der Waals surface area (Å²) in [5.74, 6) is -0.752. The number of aliphatic carboxylic acids is 1. The molecule has 0 aromatic rings. The molecule has 0 aromatic carbocycles. The number of rotatable bonds is 12. The van der Waals surface area contributed by atoms with E-state index in [4.69, 9.17) is 9.84 Å². The van der Waals surface area contributed by atoms with E-state index in [1.807, 2.05) is 6.92 Å². The van der Waals surface area contributed by atoms with Gasteiger partial charge in [-0.25, -0.2) is 0 Å². The Hall–Kier alpha value is -0.950. The van der Waals surface area contributed by atoms with Crippen molar-refractivity contribution in [2.75, 3.05) is 0 Å². The number of carbonyl (C=O) groups is 1. The van der Waals surface area contributed by atoms with Crippen LogP contribution in [-0.4, -0.2) is 56.9 Å². The van der Waals surface area contributed by atoms with Crippen LogP contribution in [0.1, 0.15) is 64.7 Å². The molecule has 1 rings (SSSR count). The zero-order chi connectivity index (χ0) is 17.9. The maximum Gasteiger partial charge on any atom is 0.303 e. The van der Waals surface area contributed by atoms with Crippen molar-refractivity contribution in [1.29, 1.82) is 0 Å². The normalized spacial score (nSPS) is 26.8. The van der Waals surface area contributed by atoms with Crippen molar-refractivity contribution in [1.82, 2.24) is 0 Å². The number of hydrogen-bond donors (Lipinski definition) is 4. The van der Waals surface area contributed by atoms with Crippen molar-refractivity contribution in [3.63, 3.8) is 0 Å². The summed E-state index contributed by atoms with van der Waals surface area (Å²) in [6.07, 6.45) is 6.92. The van der Waals surface area contributed by atoms with Gasteiger partial charge >= 0.3 is 5.97 Å². The minimum atomic E-state index is -0.818. The third-order valence-corrected chi connectivity index (χ3v) is 4.46. The molecule has 1 aliphatic rings. The SMILES string of the molecule is CC[C@H]1O[C@H]([C@H](O)/C=C/[C@H](O)CCCCCCCC(=O)O)C[C@@H]1O. The summed E-state index contributed by atoms with van der Waals surface area (Å²) in [7, 11) is 0. The van der Waals surface area contributed by atoms with Gasteiger partial charge in [-0.2, -0.15) is 0 Å². The fraction of sp³-hybridized carbons (Fsp3) is 0.833. The van der Waals surface area contributed by atoms with Gasteiger partial charge in [-0.15, -0.1) is 0 Å². The standard InChI is InChI=1S/C18H32O6/c1-2-16-15(21)12-17(24-16)14(20)11-10-13(19)8-6-4-3-5-7-9-18(22)23/h10-11,13-17,19-21H,2-9,12H2,1H3,(H,22,23)/b11-10+/t13-,14-,15+,16-,17+/m1/s1. The smallest absolute Gasteiger partial charge is 0.303 e. The van der Waals surface area contributed by atoms with Crippen molar-refractivity contribution in [3.05, 3.63) is 12.2 Å². The second kappa shape index (κ2) is 11.6. The number of ether oxygens (including phenoxy) is 1. The van der Waals surface area contributed by atoms with E-state index in [0.29, 0.717) is 25.7 Å². The highest BCUT2D eigenvalue weighted by molar-refractivity contribution is 5.66. The Morgan fingerprint density at radius 3 is 2.46 bits per heavy atom. The Morgan fingerprint density at radius 1 is 1.17 bits per heavy atom. The molecule has 4 N–H and O–H groups in total. The molecule has 0 bridgehead atoms. The molecule has 0 amide bonds. The van der Waals surface area contributed by atoms with E-state index < -0.39 is 30.4 Å². The van der Waals surface area contributed by atoms with Crippen LogP contribution in [0.2, 0.25) is 0 Å². The molecule has 0 unspecified atom stereocenters. The van der Waals surface area contributed by atoms with E-state index in [0.717, 1.165) is 25.7 Å². The van der Waals surface area contributed by atoms with Crippen LogP contribution >= 0.6 is 0 Å². The molecule has 0 spiro atoms. The minimum Gasteiger partial charge on any atom is -0.481 e. The van der Waals surface area contributed by atoms with Gasteiger partial charge in [-0.3, -0.25) is 4.79 Å². The van der Waals surface area contributed by atoms with Crippen LogP contribution in [0.25, 0.3) is 0 Å². The van der Waals surface area contributed by atoms with E-state index in [2.05, 4.69) is 0 Å². The molecule has 6 heteroatoms. The second-order valence-corrected chi connectivity index (χ2v) is 6.57. The number of aliphatic hydroxyl groups is 3. The van der Waals surface area contributed by atoms with Gasteiger partial charge in [0.15, 0.2) is 0 Å². The van der Waals surface area contributed by atoms with Gasteiger partial charge in [0.25, 0.3) is 0 Å². The fourth-order valence-electron chi connectivity index (χ4n) is 2.97. The molecule has 0 saturated carbocycles. The van der Waals surface area contributed by atoms with E-state index >= 15 is 0 Å². The number of aliphatic hydroxyl groups excluding tert-OH is 3. The highest BCUT2D eigenvalue weighted by Crippen LogP contribution is 2.25. The summed E-state index contributed by atoms with van der Waals surface area (Å²) in [5.41, 5.74) is 0. The van der Waals surface area contributed by atoms with Crippen LogP contribution in [0.5, 0.6) is 0 Å². The average molecular weight is 344 g/mol. The van der Waals surface area contributed by atoms with Crippen LogP contribution < -0.4 is 0 Å². The monoisotopic (exact) mass is 344 g/mol. The molecule has 1 fully saturated rings. The van der Waals surface area contributed by atoms with Crippen molar-refractivity contribution < 1.29 is 30.0 Å². The Balaban J connectivity index is 2.12. The Labute approximate surface area is 144 Å². The van der Waals surface area contributed by atoms with Gasteiger partial charge in [-0.1, -0.05) is 44.8 Å². The molecule has 0 radical (unpaired) electrons. The van der Waals surface area contributed by atoms with Crippen molar-refractivity contribution in [3.8, 4) is 0 Å². The van der Waals surface area contributed by atoms with Gasteiger partial charge in [-0.05, 0) is 19.3 Å². The lowest BCUT2D eigenvalue weighted by Gasteiger charge is -2.16. The Kier molecular flexibility index (Phi) is 10.2. The zero-order valence-electron chi connectivity index (χ0n) is 14.5. The maximum atomic E-state index is 10.4. The molecular weight excluding hydrogens is 312 g/mol. The predicted octanol–water partition coefficient (Wildman–Crippen LogP) is 2.01. The molecule has 6 nitrogen and oxygen atoms in total. The predicted molar refractivity (Wildman–Crippen MR) is 90.7 cm³/mol. The maximum absolute atomic E-state index is 10.4. The summed E-state index contributed by atoms with van der Waals surface area (Å²) in [6, 6.07) is 0. The topological polar surface area (TPSA) is 107 Å². The first-order valence-corrected chi connectivity index (χ1v) is 9.03. The summed E-state index contributed by atoms with van der Waals surface area (Å²) in [4.78, 5) is 10.4. The van der Waals surface area contributed by atoms with Crippen LogP contribution in [0.4, 0.5) is 0 Å². The molecule has 0 aliphatic carbocycles. The summed E-state index contributed by atoms with van der Waals surface area (Å²) in [5, 5.41) is 38.3. The van der Waals surface area contributed by atoms with Crippen LogP contribution in [-0.2, 0) is 9.53 Å². The first-order valence-electron chi connectivity index (χ1n) is 9.03. The molecule has 5 atom stereocenters. The van der Waals surface area contributed by atoms with Gasteiger partial charge in [0.1, 0.15) is 0 Å². The van der Waals surface area contributed by atoms with Gasteiger partial charge in [0, 0.05) is 12.8 Å². The average Bonchev–Trinajstić information content (AvgIpc) is 2.92. The summed E-state index contributed by atoms with van der Waals surface area (Å²) < 4.78 is 5.60. The lowest BCUT2D eigenvalue weighted by molar-refractivity contribution is -0.137. The number of carboxylic acid groups (broad SMARTS) is 1. The van der Waals surface area contributed by atoms with Crippen LogP contribution in [0.3, 0.4) is 0 Å². The Bertz CT molecular complexity index is 384. The Morgan fingerprint density at radius 2 is 1.83 bits per heavy atom. The first-order chi connectivity index (χ1) is 11.4. The number of unbranched alkanes of at least 4 members (excludes halogenated alkanes) is 4. The van der Waals surface area contributed by atoms with E-state index in [1.54, 1.807) is 12.2 Å².